The van der Waals surface area contributed by atoms with E-state index in [1.807, 2.05) is 24.4 Å². The molecule has 2 heterocycles. The van der Waals surface area contributed by atoms with Crippen LogP contribution in [0.3, 0.4) is 0 Å². The Kier molecular flexibility index (Phi) is 5.35. The van der Waals surface area contributed by atoms with Gasteiger partial charge in [-0.2, -0.15) is 13.2 Å². The number of nitrogens with one attached hydrogen (secondary N) is 2. The number of hydrogen-bond acceptors (Lipinski definition) is 3. The van der Waals surface area contributed by atoms with Gasteiger partial charge < -0.3 is 15.0 Å². The molecule has 2 aromatic rings. The van der Waals surface area contributed by atoms with E-state index in [9.17, 15) is 18.0 Å². The number of anilines is 1. The normalized spacial score (nSPS) is 29.9. The first-order valence-electron chi connectivity index (χ1n) is 12.6. The third-order valence-corrected chi connectivity index (χ3v) is 8.89. The Labute approximate surface area is 197 Å². The molecule has 6 rings (SSSR count). The molecule has 5 nitrogen and oxygen atoms in total. The summed E-state index contributed by atoms with van der Waals surface area (Å²) in [5, 5.41) is 4.07. The number of H-pyrrole nitrogens is 1. The van der Waals surface area contributed by atoms with Gasteiger partial charge in [0, 0.05) is 36.1 Å². The number of aromatic amines is 1. The molecule has 1 saturated heterocycles. The first kappa shape index (κ1) is 22.3. The summed E-state index contributed by atoms with van der Waals surface area (Å²) in [6.07, 6.45) is 5.31. The molecule has 0 bridgehead atoms. The molecule has 2 unspecified atom stereocenters. The van der Waals surface area contributed by atoms with Crippen LogP contribution in [0, 0.1) is 29.1 Å². The maximum atomic E-state index is 12.7. The van der Waals surface area contributed by atoms with Gasteiger partial charge in [0.05, 0.1) is 18.8 Å². The van der Waals surface area contributed by atoms with Crippen molar-refractivity contribution in [3.63, 3.8) is 0 Å². The Balaban J connectivity index is 0.997. The number of carbonyl (C=O) groups excluding carboxylic acids is 1. The molecular formula is C26H32F3N3O2. The second kappa shape index (κ2) is 8.18. The van der Waals surface area contributed by atoms with Crippen molar-refractivity contribution in [2.24, 2.45) is 29.1 Å². The lowest BCUT2D eigenvalue weighted by Gasteiger charge is -2.26. The first-order chi connectivity index (χ1) is 16.3. The fourth-order valence-corrected chi connectivity index (χ4v) is 6.90. The van der Waals surface area contributed by atoms with Gasteiger partial charge in [0.25, 0.3) is 0 Å². The van der Waals surface area contributed by atoms with E-state index in [1.54, 1.807) is 4.90 Å². The smallest absolute Gasteiger partial charge is 0.401 e. The fraction of sp³-hybridized carbons (Fsp3) is 0.654. The summed E-state index contributed by atoms with van der Waals surface area (Å²) in [7, 11) is 0. The van der Waals surface area contributed by atoms with E-state index >= 15 is 0 Å². The zero-order valence-electron chi connectivity index (χ0n) is 19.3. The first-order valence-corrected chi connectivity index (χ1v) is 12.6. The number of alkyl halides is 3. The highest BCUT2D eigenvalue weighted by atomic mass is 19.4. The molecule has 3 saturated carbocycles. The Morgan fingerprint density at radius 2 is 1.97 bits per heavy atom. The Morgan fingerprint density at radius 1 is 1.21 bits per heavy atom. The van der Waals surface area contributed by atoms with Gasteiger partial charge in [0.2, 0.25) is 5.91 Å². The Morgan fingerprint density at radius 3 is 2.62 bits per heavy atom. The zero-order valence-corrected chi connectivity index (χ0v) is 19.3. The second-order valence-electron chi connectivity index (χ2n) is 11.2. The number of halogens is 3. The summed E-state index contributed by atoms with van der Waals surface area (Å²) < 4.78 is 44.0. The molecule has 4 atom stereocenters. The minimum absolute atomic E-state index is 0.132. The molecule has 34 heavy (non-hydrogen) atoms. The molecule has 1 aromatic carbocycles. The number of carbonyl (C=O) groups is 1. The number of likely N-dealkylation sites (tertiary alicyclic amines) is 1. The third kappa shape index (κ3) is 4.30. The maximum absolute atomic E-state index is 12.7. The number of aromatic nitrogens is 1. The monoisotopic (exact) mass is 475 g/mol. The van der Waals surface area contributed by atoms with Crippen LogP contribution < -0.4 is 10.1 Å². The number of ether oxygens (including phenoxy) is 1. The molecule has 8 heteroatoms. The van der Waals surface area contributed by atoms with Gasteiger partial charge in [-0.1, -0.05) is 6.42 Å². The SMILES string of the molecule is O=C(Nc1c[nH]c2ccc(OCCC3C[C@@H]4CN(CC(F)(F)F)C[C@@H]4C3)cc12)C1CC12CCC2. The molecule has 4 aliphatic rings. The number of fused-ring (bicyclic) bond motifs is 2. The lowest BCUT2D eigenvalue weighted by Crippen LogP contribution is -2.33. The van der Waals surface area contributed by atoms with Crippen molar-refractivity contribution >= 4 is 22.5 Å². The minimum atomic E-state index is -4.11. The van der Waals surface area contributed by atoms with Gasteiger partial charge in [0.1, 0.15) is 5.75 Å². The van der Waals surface area contributed by atoms with Gasteiger partial charge in [-0.3, -0.25) is 9.69 Å². The summed E-state index contributed by atoms with van der Waals surface area (Å²) in [6.45, 7) is 0.961. The van der Waals surface area contributed by atoms with E-state index < -0.39 is 12.7 Å². The molecule has 4 fully saturated rings. The minimum Gasteiger partial charge on any atom is -0.494 e. The quantitative estimate of drug-likeness (QED) is 0.549. The van der Waals surface area contributed by atoms with E-state index in [4.69, 9.17) is 4.74 Å². The zero-order chi connectivity index (χ0) is 23.5. The lowest BCUT2D eigenvalue weighted by molar-refractivity contribution is -0.144. The molecule has 1 aliphatic heterocycles. The highest BCUT2D eigenvalue weighted by Gasteiger charge is 2.60. The molecule has 3 aliphatic carbocycles. The number of amides is 1. The predicted octanol–water partition coefficient (Wildman–Crippen LogP) is 5.59. The van der Waals surface area contributed by atoms with E-state index in [-0.39, 0.29) is 11.8 Å². The van der Waals surface area contributed by atoms with Crippen molar-refractivity contribution in [3.05, 3.63) is 24.4 Å². The summed E-state index contributed by atoms with van der Waals surface area (Å²) >= 11 is 0. The number of benzene rings is 1. The van der Waals surface area contributed by atoms with Crippen molar-refractivity contribution in [1.29, 1.82) is 0 Å². The van der Waals surface area contributed by atoms with Crippen LogP contribution in [-0.2, 0) is 4.79 Å². The van der Waals surface area contributed by atoms with Crippen LogP contribution in [0.15, 0.2) is 24.4 Å². The Bertz CT molecular complexity index is 1060. The number of hydrogen-bond donors (Lipinski definition) is 2. The average molecular weight is 476 g/mol. The summed E-state index contributed by atoms with van der Waals surface area (Å²) in [6, 6.07) is 5.89. The number of nitrogens with zero attached hydrogens (tertiary/aromatic N) is 1. The van der Waals surface area contributed by atoms with Crippen LogP contribution in [0.1, 0.15) is 44.9 Å². The van der Waals surface area contributed by atoms with E-state index in [0.29, 0.717) is 42.9 Å². The van der Waals surface area contributed by atoms with Crippen molar-refractivity contribution < 1.29 is 22.7 Å². The summed E-state index contributed by atoms with van der Waals surface area (Å²) in [5.74, 6) is 2.37. The lowest BCUT2D eigenvalue weighted by atomic mass is 9.79. The van der Waals surface area contributed by atoms with Crippen molar-refractivity contribution in [2.45, 2.75) is 51.1 Å². The van der Waals surface area contributed by atoms with Crippen LogP contribution in [-0.4, -0.2) is 48.2 Å². The van der Waals surface area contributed by atoms with Crippen LogP contribution in [0.2, 0.25) is 0 Å². The van der Waals surface area contributed by atoms with Crippen LogP contribution in [0.25, 0.3) is 10.9 Å². The van der Waals surface area contributed by atoms with Gasteiger partial charge in [-0.25, -0.2) is 0 Å². The highest BCUT2D eigenvalue weighted by molar-refractivity contribution is 6.03. The largest absolute Gasteiger partial charge is 0.494 e. The van der Waals surface area contributed by atoms with Crippen LogP contribution >= 0.6 is 0 Å². The van der Waals surface area contributed by atoms with E-state index in [2.05, 4.69) is 10.3 Å². The van der Waals surface area contributed by atoms with Gasteiger partial charge in [-0.05, 0) is 79.9 Å². The molecular weight excluding hydrogens is 443 g/mol. The van der Waals surface area contributed by atoms with Crippen LogP contribution in [0.5, 0.6) is 5.75 Å². The molecule has 0 radical (unpaired) electrons. The third-order valence-electron chi connectivity index (χ3n) is 8.89. The summed E-state index contributed by atoms with van der Waals surface area (Å²) in [4.78, 5) is 17.5. The maximum Gasteiger partial charge on any atom is 0.401 e. The van der Waals surface area contributed by atoms with Crippen molar-refractivity contribution in [3.8, 4) is 5.75 Å². The average Bonchev–Trinajstić information content (AvgIpc) is 3.05. The predicted molar refractivity (Wildman–Crippen MR) is 124 cm³/mol. The second-order valence-corrected chi connectivity index (χ2v) is 11.2. The van der Waals surface area contributed by atoms with Gasteiger partial charge in [0.15, 0.2) is 0 Å². The molecule has 184 valence electrons. The molecule has 1 aromatic heterocycles. The van der Waals surface area contributed by atoms with Crippen molar-refractivity contribution in [2.75, 3.05) is 31.6 Å². The van der Waals surface area contributed by atoms with Crippen LogP contribution in [0.4, 0.5) is 18.9 Å². The highest BCUT2D eigenvalue weighted by Crippen LogP contribution is 2.65. The van der Waals surface area contributed by atoms with Gasteiger partial charge >= 0.3 is 6.18 Å². The molecule has 2 N–H and O–H groups in total. The van der Waals surface area contributed by atoms with Crippen molar-refractivity contribution in [1.82, 2.24) is 9.88 Å². The topological polar surface area (TPSA) is 57.4 Å². The number of rotatable bonds is 7. The Hall–Kier alpha value is -2.22. The molecule has 1 spiro atoms. The summed E-state index contributed by atoms with van der Waals surface area (Å²) in [5.41, 5.74) is 2.07. The van der Waals surface area contributed by atoms with E-state index in [0.717, 1.165) is 48.0 Å². The van der Waals surface area contributed by atoms with Gasteiger partial charge in [-0.15, -0.1) is 0 Å². The fourth-order valence-electron chi connectivity index (χ4n) is 6.90. The standard InChI is InChI=1S/C26H32F3N3O2/c27-26(28,29)15-32-13-17-8-16(9-18(17)14-32)4-7-34-19-2-3-22-20(10-19)23(12-30-22)31-24(33)21-11-25(21)5-1-6-25/h2-3,10,12,16-18,21,30H,1,4-9,11,13-15H2,(H,31,33)/t16?,17-,18+,21?. The van der Waals surface area contributed by atoms with E-state index in [1.165, 1.54) is 19.3 Å². The molecule has 1 amide bonds.